The molecule has 0 saturated carbocycles. The third-order valence-electron chi connectivity index (χ3n) is 1.66. The highest BCUT2D eigenvalue weighted by molar-refractivity contribution is 6.09. The minimum Gasteiger partial charge on any atom is -0.386 e. The van der Waals surface area contributed by atoms with E-state index in [0.717, 1.165) is 6.42 Å². The molecule has 2 heteroatoms. The standard InChI is InChI=1S/C10H13ClO/c1-8(2)7-9-3-5-10(12-11)6-4-9/h3-6,8H,7H2,1-2H3. The second-order valence-corrected chi connectivity index (χ2v) is 3.47. The molecule has 0 aliphatic rings. The summed E-state index contributed by atoms with van der Waals surface area (Å²) >= 11 is 5.18. The SMILES string of the molecule is CC(C)Cc1ccc(OCl)cc1. The Bertz CT molecular complexity index is 228. The van der Waals surface area contributed by atoms with Gasteiger partial charge in [-0.05, 0) is 30.0 Å². The van der Waals surface area contributed by atoms with Gasteiger partial charge in [-0.3, -0.25) is 0 Å². The molecule has 0 aliphatic carbocycles. The zero-order valence-corrected chi connectivity index (χ0v) is 8.14. The van der Waals surface area contributed by atoms with Gasteiger partial charge in [-0.15, -0.1) is 0 Å². The van der Waals surface area contributed by atoms with Gasteiger partial charge >= 0.3 is 0 Å². The average Bonchev–Trinajstić information content (AvgIpc) is 2.05. The van der Waals surface area contributed by atoms with E-state index < -0.39 is 0 Å². The lowest BCUT2D eigenvalue weighted by Crippen LogP contribution is -1.93. The lowest BCUT2D eigenvalue weighted by Gasteiger charge is -2.04. The maximum atomic E-state index is 5.18. The number of benzene rings is 1. The normalized spacial score (nSPS) is 10.3. The van der Waals surface area contributed by atoms with E-state index in [9.17, 15) is 0 Å². The van der Waals surface area contributed by atoms with Crippen LogP contribution in [0.1, 0.15) is 19.4 Å². The van der Waals surface area contributed by atoms with E-state index in [-0.39, 0.29) is 0 Å². The molecule has 1 aromatic carbocycles. The third kappa shape index (κ3) is 2.74. The molecule has 0 bridgehead atoms. The highest BCUT2D eigenvalue weighted by Gasteiger charge is 1.97. The lowest BCUT2D eigenvalue weighted by molar-refractivity contribution is 0.615. The van der Waals surface area contributed by atoms with E-state index in [4.69, 9.17) is 11.9 Å². The number of halogens is 1. The Morgan fingerprint density at radius 2 is 1.83 bits per heavy atom. The molecule has 0 unspecified atom stereocenters. The summed E-state index contributed by atoms with van der Waals surface area (Å²) in [6.45, 7) is 4.40. The van der Waals surface area contributed by atoms with Crippen LogP contribution in [-0.4, -0.2) is 0 Å². The van der Waals surface area contributed by atoms with Crippen LogP contribution in [0.4, 0.5) is 0 Å². The highest BCUT2D eigenvalue weighted by Crippen LogP contribution is 2.15. The summed E-state index contributed by atoms with van der Waals surface area (Å²) < 4.78 is 4.55. The van der Waals surface area contributed by atoms with E-state index in [1.807, 2.05) is 24.3 Å². The van der Waals surface area contributed by atoms with Crippen molar-refractivity contribution in [2.24, 2.45) is 5.92 Å². The fourth-order valence-corrected chi connectivity index (χ4v) is 1.25. The molecule has 1 aromatic rings. The van der Waals surface area contributed by atoms with Crippen molar-refractivity contribution >= 4 is 11.9 Å². The molecule has 0 spiro atoms. The van der Waals surface area contributed by atoms with Crippen molar-refractivity contribution in [3.8, 4) is 5.75 Å². The second kappa shape index (κ2) is 4.36. The molecule has 0 heterocycles. The summed E-state index contributed by atoms with van der Waals surface area (Å²) in [5, 5.41) is 0. The van der Waals surface area contributed by atoms with Gasteiger partial charge in [-0.1, -0.05) is 26.0 Å². The molecule has 12 heavy (non-hydrogen) atoms. The van der Waals surface area contributed by atoms with Crippen LogP contribution >= 0.6 is 11.9 Å². The van der Waals surface area contributed by atoms with E-state index in [1.165, 1.54) is 5.56 Å². The van der Waals surface area contributed by atoms with Gasteiger partial charge in [0.05, 0.1) is 0 Å². The molecule has 1 rings (SSSR count). The summed E-state index contributed by atoms with van der Waals surface area (Å²) in [6.07, 6.45) is 1.10. The van der Waals surface area contributed by atoms with Gasteiger partial charge in [0.2, 0.25) is 0 Å². The van der Waals surface area contributed by atoms with Gasteiger partial charge in [0.15, 0.2) is 0 Å². The molecule has 0 fully saturated rings. The van der Waals surface area contributed by atoms with Crippen LogP contribution in [0.15, 0.2) is 24.3 Å². The molecule has 0 N–H and O–H groups in total. The molecule has 0 atom stereocenters. The first-order valence-electron chi connectivity index (χ1n) is 4.10. The van der Waals surface area contributed by atoms with Crippen LogP contribution < -0.4 is 4.29 Å². The van der Waals surface area contributed by atoms with Crippen molar-refractivity contribution in [1.82, 2.24) is 0 Å². The Hall–Kier alpha value is -0.690. The predicted octanol–water partition coefficient (Wildman–Crippen LogP) is 3.42. The quantitative estimate of drug-likeness (QED) is 0.700. The number of hydrogen-bond acceptors (Lipinski definition) is 1. The van der Waals surface area contributed by atoms with Crippen LogP contribution in [0.2, 0.25) is 0 Å². The smallest absolute Gasteiger partial charge is 0.146 e. The summed E-state index contributed by atoms with van der Waals surface area (Å²) in [4.78, 5) is 0. The lowest BCUT2D eigenvalue weighted by atomic mass is 10.0. The monoisotopic (exact) mass is 184 g/mol. The van der Waals surface area contributed by atoms with Gasteiger partial charge in [0.25, 0.3) is 0 Å². The van der Waals surface area contributed by atoms with Crippen molar-refractivity contribution in [2.75, 3.05) is 0 Å². The Kier molecular flexibility index (Phi) is 3.42. The maximum absolute atomic E-state index is 5.18. The van der Waals surface area contributed by atoms with Crippen molar-refractivity contribution < 1.29 is 4.29 Å². The first kappa shape index (κ1) is 9.40. The minimum atomic E-state index is 0.688. The Morgan fingerprint density at radius 3 is 2.25 bits per heavy atom. The van der Waals surface area contributed by atoms with Crippen LogP contribution in [0.25, 0.3) is 0 Å². The van der Waals surface area contributed by atoms with Crippen molar-refractivity contribution in [3.63, 3.8) is 0 Å². The molecule has 0 amide bonds. The van der Waals surface area contributed by atoms with Crippen molar-refractivity contribution in [2.45, 2.75) is 20.3 Å². The summed E-state index contributed by atoms with van der Waals surface area (Å²) in [6, 6.07) is 7.84. The second-order valence-electron chi connectivity index (χ2n) is 3.32. The fraction of sp³-hybridized carbons (Fsp3) is 0.400. The zero-order chi connectivity index (χ0) is 8.97. The number of rotatable bonds is 3. The van der Waals surface area contributed by atoms with Gasteiger partial charge < -0.3 is 4.29 Å². The van der Waals surface area contributed by atoms with Gasteiger partial charge in [0.1, 0.15) is 17.6 Å². The molecular weight excluding hydrogens is 172 g/mol. The summed E-state index contributed by atoms with van der Waals surface area (Å²) in [7, 11) is 0. The molecule has 0 aromatic heterocycles. The molecular formula is C10H13ClO. The molecule has 0 aliphatic heterocycles. The fourth-order valence-electron chi connectivity index (χ4n) is 1.15. The summed E-state index contributed by atoms with van der Waals surface area (Å²) in [5.74, 6) is 1.39. The van der Waals surface area contributed by atoms with E-state index >= 15 is 0 Å². The van der Waals surface area contributed by atoms with Crippen molar-refractivity contribution in [3.05, 3.63) is 29.8 Å². The maximum Gasteiger partial charge on any atom is 0.146 e. The predicted molar refractivity (Wildman–Crippen MR) is 51.5 cm³/mol. The Balaban J connectivity index is 2.65. The highest BCUT2D eigenvalue weighted by atomic mass is 35.5. The third-order valence-corrected chi connectivity index (χ3v) is 1.83. The molecule has 0 radical (unpaired) electrons. The zero-order valence-electron chi connectivity index (χ0n) is 7.38. The van der Waals surface area contributed by atoms with E-state index in [2.05, 4.69) is 18.1 Å². The Labute approximate surface area is 78.5 Å². The van der Waals surface area contributed by atoms with Crippen LogP contribution in [0.5, 0.6) is 5.75 Å². The van der Waals surface area contributed by atoms with Gasteiger partial charge in [-0.25, -0.2) is 0 Å². The average molecular weight is 185 g/mol. The van der Waals surface area contributed by atoms with Crippen molar-refractivity contribution in [1.29, 1.82) is 0 Å². The van der Waals surface area contributed by atoms with Crippen LogP contribution in [0.3, 0.4) is 0 Å². The van der Waals surface area contributed by atoms with Crippen LogP contribution in [-0.2, 0) is 6.42 Å². The van der Waals surface area contributed by atoms with Gasteiger partial charge in [-0.2, -0.15) is 0 Å². The first-order valence-corrected chi connectivity index (χ1v) is 4.40. The number of hydrogen-bond donors (Lipinski definition) is 0. The van der Waals surface area contributed by atoms with Gasteiger partial charge in [0, 0.05) is 0 Å². The molecule has 66 valence electrons. The topological polar surface area (TPSA) is 9.23 Å². The molecule has 1 nitrogen and oxygen atoms in total. The minimum absolute atomic E-state index is 0.688. The van der Waals surface area contributed by atoms with E-state index in [0.29, 0.717) is 11.7 Å². The van der Waals surface area contributed by atoms with E-state index in [1.54, 1.807) is 0 Å². The summed E-state index contributed by atoms with van der Waals surface area (Å²) in [5.41, 5.74) is 1.32. The Morgan fingerprint density at radius 1 is 1.25 bits per heavy atom. The molecule has 0 saturated heterocycles. The van der Waals surface area contributed by atoms with Crippen LogP contribution in [0, 0.1) is 5.92 Å². The largest absolute Gasteiger partial charge is 0.386 e. The first-order chi connectivity index (χ1) is 5.72.